The highest BCUT2D eigenvalue weighted by Crippen LogP contribution is 2.25. The number of aromatic amines is 1. The molecule has 0 aliphatic carbocycles. The second-order valence-corrected chi connectivity index (χ2v) is 3.84. The van der Waals surface area contributed by atoms with Crippen molar-refractivity contribution in [3.8, 4) is 28.5 Å². The first kappa shape index (κ1) is 11.0. The van der Waals surface area contributed by atoms with Crippen LogP contribution >= 0.6 is 0 Å². The third kappa shape index (κ3) is 2.05. The first-order valence-corrected chi connectivity index (χ1v) is 5.55. The SMILES string of the molecule is N#Cc1n[nH]nc1-c1cccc(-c2cncnc2)c1. The summed E-state index contributed by atoms with van der Waals surface area (Å²) < 4.78 is 0. The molecule has 0 fully saturated rings. The predicted molar refractivity (Wildman–Crippen MR) is 67.6 cm³/mol. The summed E-state index contributed by atoms with van der Waals surface area (Å²) >= 11 is 0. The zero-order valence-electron chi connectivity index (χ0n) is 9.78. The molecule has 3 rings (SSSR count). The van der Waals surface area contributed by atoms with E-state index in [-0.39, 0.29) is 5.69 Å². The number of nitriles is 1. The lowest BCUT2D eigenvalue weighted by Crippen LogP contribution is -1.86. The van der Waals surface area contributed by atoms with Gasteiger partial charge in [-0.25, -0.2) is 9.97 Å². The van der Waals surface area contributed by atoms with Crippen LogP contribution in [0.3, 0.4) is 0 Å². The van der Waals surface area contributed by atoms with Gasteiger partial charge in [-0.1, -0.05) is 18.2 Å². The Labute approximate surface area is 108 Å². The topological polar surface area (TPSA) is 91.1 Å². The third-order valence-corrected chi connectivity index (χ3v) is 2.68. The fraction of sp³-hybridized carbons (Fsp3) is 0. The van der Waals surface area contributed by atoms with Gasteiger partial charge in [0.1, 0.15) is 18.1 Å². The molecule has 0 aliphatic rings. The third-order valence-electron chi connectivity index (χ3n) is 2.68. The maximum absolute atomic E-state index is 8.96. The van der Waals surface area contributed by atoms with E-state index in [4.69, 9.17) is 5.26 Å². The molecule has 6 heteroatoms. The van der Waals surface area contributed by atoms with Gasteiger partial charge in [-0.05, 0) is 11.6 Å². The van der Waals surface area contributed by atoms with Crippen LogP contribution in [0.2, 0.25) is 0 Å². The molecule has 1 N–H and O–H groups in total. The Hall–Kier alpha value is -3.07. The van der Waals surface area contributed by atoms with Crippen LogP contribution in [0.4, 0.5) is 0 Å². The van der Waals surface area contributed by atoms with E-state index in [9.17, 15) is 0 Å². The minimum absolute atomic E-state index is 0.279. The lowest BCUT2D eigenvalue weighted by Gasteiger charge is -2.02. The largest absolute Gasteiger partial charge is 0.244 e. The van der Waals surface area contributed by atoms with Gasteiger partial charge in [-0.15, -0.1) is 5.10 Å². The molecule has 0 atom stereocenters. The fourth-order valence-corrected chi connectivity index (χ4v) is 1.80. The van der Waals surface area contributed by atoms with Crippen LogP contribution in [0, 0.1) is 11.3 Å². The van der Waals surface area contributed by atoms with Crippen LogP contribution in [-0.4, -0.2) is 25.4 Å². The number of aromatic nitrogens is 5. The first-order valence-electron chi connectivity index (χ1n) is 5.55. The van der Waals surface area contributed by atoms with E-state index in [0.717, 1.165) is 16.7 Å². The Kier molecular flexibility index (Phi) is 2.71. The minimum atomic E-state index is 0.279. The van der Waals surface area contributed by atoms with Crippen molar-refractivity contribution < 1.29 is 0 Å². The molecule has 6 nitrogen and oxygen atoms in total. The van der Waals surface area contributed by atoms with Crippen LogP contribution < -0.4 is 0 Å². The Balaban J connectivity index is 2.09. The monoisotopic (exact) mass is 248 g/mol. The molecular weight excluding hydrogens is 240 g/mol. The van der Waals surface area contributed by atoms with Crippen LogP contribution in [-0.2, 0) is 0 Å². The van der Waals surface area contributed by atoms with Crippen molar-refractivity contribution in [2.24, 2.45) is 0 Å². The van der Waals surface area contributed by atoms with Crippen molar-refractivity contribution in [3.63, 3.8) is 0 Å². The second kappa shape index (κ2) is 4.66. The molecule has 1 aromatic carbocycles. The maximum atomic E-state index is 8.96. The van der Waals surface area contributed by atoms with Gasteiger partial charge in [0.25, 0.3) is 0 Å². The van der Waals surface area contributed by atoms with Gasteiger partial charge >= 0.3 is 0 Å². The summed E-state index contributed by atoms with van der Waals surface area (Å²) in [5.41, 5.74) is 3.52. The minimum Gasteiger partial charge on any atom is -0.244 e. The highest BCUT2D eigenvalue weighted by Gasteiger charge is 2.10. The lowest BCUT2D eigenvalue weighted by atomic mass is 10.0. The van der Waals surface area contributed by atoms with Gasteiger partial charge in [-0.3, -0.25) is 0 Å². The van der Waals surface area contributed by atoms with Gasteiger partial charge in [0.2, 0.25) is 0 Å². The van der Waals surface area contributed by atoms with Crippen molar-refractivity contribution in [1.29, 1.82) is 5.26 Å². The number of benzene rings is 1. The van der Waals surface area contributed by atoms with Gasteiger partial charge in [0.05, 0.1) is 0 Å². The van der Waals surface area contributed by atoms with Crippen molar-refractivity contribution in [3.05, 3.63) is 48.7 Å². The Morgan fingerprint density at radius 2 is 1.79 bits per heavy atom. The maximum Gasteiger partial charge on any atom is 0.190 e. The summed E-state index contributed by atoms with van der Waals surface area (Å²) in [5.74, 6) is 0. The average Bonchev–Trinajstić information content (AvgIpc) is 2.97. The van der Waals surface area contributed by atoms with Gasteiger partial charge < -0.3 is 0 Å². The Bertz CT molecular complexity index is 741. The highest BCUT2D eigenvalue weighted by molar-refractivity contribution is 5.72. The van der Waals surface area contributed by atoms with E-state index in [1.807, 2.05) is 30.3 Å². The van der Waals surface area contributed by atoms with Crippen molar-refractivity contribution in [2.45, 2.75) is 0 Å². The van der Waals surface area contributed by atoms with Crippen molar-refractivity contribution in [1.82, 2.24) is 25.4 Å². The second-order valence-electron chi connectivity index (χ2n) is 3.84. The van der Waals surface area contributed by atoms with E-state index < -0.39 is 0 Å². The number of hydrogen-bond acceptors (Lipinski definition) is 5. The van der Waals surface area contributed by atoms with E-state index in [2.05, 4.69) is 25.4 Å². The first-order chi connectivity index (χ1) is 9.38. The number of nitrogens with zero attached hydrogens (tertiary/aromatic N) is 5. The summed E-state index contributed by atoms with van der Waals surface area (Å²) in [6.45, 7) is 0. The molecule has 2 heterocycles. The van der Waals surface area contributed by atoms with Crippen LogP contribution in [0.25, 0.3) is 22.4 Å². The molecule has 0 amide bonds. The number of nitrogens with one attached hydrogen (secondary N) is 1. The van der Waals surface area contributed by atoms with Crippen molar-refractivity contribution >= 4 is 0 Å². The molecule has 19 heavy (non-hydrogen) atoms. The summed E-state index contributed by atoms with van der Waals surface area (Å²) in [5, 5.41) is 19.2. The molecular formula is C13H8N6. The molecule has 0 aliphatic heterocycles. The zero-order chi connectivity index (χ0) is 13.1. The average molecular weight is 248 g/mol. The quantitative estimate of drug-likeness (QED) is 0.746. The lowest BCUT2D eigenvalue weighted by molar-refractivity contribution is 0.937. The summed E-state index contributed by atoms with van der Waals surface area (Å²) in [7, 11) is 0. The van der Waals surface area contributed by atoms with E-state index in [1.54, 1.807) is 12.4 Å². The highest BCUT2D eigenvalue weighted by atomic mass is 15.3. The molecule has 0 bridgehead atoms. The number of hydrogen-bond donors (Lipinski definition) is 1. The zero-order valence-corrected chi connectivity index (χ0v) is 9.78. The van der Waals surface area contributed by atoms with Gasteiger partial charge in [0.15, 0.2) is 5.69 Å². The molecule has 0 spiro atoms. The number of rotatable bonds is 2. The van der Waals surface area contributed by atoms with E-state index in [0.29, 0.717) is 5.69 Å². The summed E-state index contributed by atoms with van der Waals surface area (Å²) in [6.07, 6.45) is 4.96. The standard InChI is InChI=1S/C13H8N6/c14-5-12-13(18-19-17-12)10-3-1-2-9(4-10)11-6-15-8-16-7-11/h1-4,6-8H,(H,17,18,19). The van der Waals surface area contributed by atoms with E-state index in [1.165, 1.54) is 6.33 Å². The molecule has 90 valence electrons. The predicted octanol–water partition coefficient (Wildman–Crippen LogP) is 1.80. The molecule has 3 aromatic rings. The molecule has 0 saturated carbocycles. The smallest absolute Gasteiger partial charge is 0.190 e. The number of H-pyrrole nitrogens is 1. The molecule has 0 unspecified atom stereocenters. The van der Waals surface area contributed by atoms with Crippen molar-refractivity contribution in [2.75, 3.05) is 0 Å². The molecule has 2 aromatic heterocycles. The summed E-state index contributed by atoms with van der Waals surface area (Å²) in [6, 6.07) is 9.66. The molecule has 0 radical (unpaired) electrons. The van der Waals surface area contributed by atoms with Gasteiger partial charge in [0, 0.05) is 23.5 Å². The fourth-order valence-electron chi connectivity index (χ4n) is 1.80. The summed E-state index contributed by atoms with van der Waals surface area (Å²) in [4.78, 5) is 7.98. The van der Waals surface area contributed by atoms with Crippen LogP contribution in [0.1, 0.15) is 5.69 Å². The van der Waals surface area contributed by atoms with Crippen LogP contribution in [0.5, 0.6) is 0 Å². The van der Waals surface area contributed by atoms with Crippen LogP contribution in [0.15, 0.2) is 43.0 Å². The molecule has 0 saturated heterocycles. The Morgan fingerprint density at radius 1 is 1.00 bits per heavy atom. The van der Waals surface area contributed by atoms with Gasteiger partial charge in [-0.2, -0.15) is 15.6 Å². The van der Waals surface area contributed by atoms with E-state index >= 15 is 0 Å². The normalized spacial score (nSPS) is 10.1. The Morgan fingerprint density at radius 3 is 2.58 bits per heavy atom.